The fraction of sp³-hybridized carbons (Fsp3) is 0.214. The summed E-state index contributed by atoms with van der Waals surface area (Å²) < 4.78 is 26.5. The molecular formula is C14H16N4O3S. The maximum absolute atomic E-state index is 12.3. The van der Waals surface area contributed by atoms with Crippen molar-refractivity contribution in [1.82, 2.24) is 14.7 Å². The number of aryl methyl sites for hydroxylation is 2. The van der Waals surface area contributed by atoms with Gasteiger partial charge < -0.3 is 0 Å². The van der Waals surface area contributed by atoms with E-state index in [1.165, 1.54) is 12.3 Å². The van der Waals surface area contributed by atoms with E-state index < -0.39 is 16.1 Å². The van der Waals surface area contributed by atoms with Crippen molar-refractivity contribution in [3.05, 3.63) is 47.8 Å². The summed E-state index contributed by atoms with van der Waals surface area (Å²) in [4.78, 5) is 19.7. The molecule has 2 amide bonds. The van der Waals surface area contributed by atoms with Gasteiger partial charge in [0.1, 0.15) is 0 Å². The summed E-state index contributed by atoms with van der Waals surface area (Å²) >= 11 is 0. The maximum atomic E-state index is 12.3. The van der Waals surface area contributed by atoms with Crippen LogP contribution in [0.2, 0.25) is 0 Å². The van der Waals surface area contributed by atoms with E-state index in [4.69, 9.17) is 0 Å². The van der Waals surface area contributed by atoms with Gasteiger partial charge in [-0.25, -0.2) is 27.9 Å². The van der Waals surface area contributed by atoms with E-state index in [2.05, 4.69) is 15.3 Å². The van der Waals surface area contributed by atoms with E-state index in [0.29, 0.717) is 17.7 Å². The second-order valence-electron chi connectivity index (χ2n) is 4.54. The van der Waals surface area contributed by atoms with E-state index in [1.54, 1.807) is 31.2 Å². The second kappa shape index (κ2) is 6.52. The van der Waals surface area contributed by atoms with E-state index in [-0.39, 0.29) is 10.8 Å². The lowest BCUT2D eigenvalue weighted by atomic mass is 10.2. The molecule has 2 N–H and O–H groups in total. The topological polar surface area (TPSA) is 101 Å². The molecule has 0 aliphatic carbocycles. The number of aromatic nitrogens is 2. The summed E-state index contributed by atoms with van der Waals surface area (Å²) in [5, 5.41) is 2.29. The zero-order chi connectivity index (χ0) is 16.2. The van der Waals surface area contributed by atoms with Gasteiger partial charge in [0.15, 0.2) is 0 Å². The molecule has 0 unspecified atom stereocenters. The van der Waals surface area contributed by atoms with E-state index >= 15 is 0 Å². The highest BCUT2D eigenvalue weighted by Crippen LogP contribution is 2.15. The Bertz CT molecular complexity index is 790. The van der Waals surface area contributed by atoms with Crippen LogP contribution in [0.3, 0.4) is 0 Å². The van der Waals surface area contributed by atoms with Crippen LogP contribution in [-0.2, 0) is 16.4 Å². The molecule has 2 rings (SSSR count). The lowest BCUT2D eigenvalue weighted by molar-refractivity contribution is 0.256. The minimum Gasteiger partial charge on any atom is -0.275 e. The number of anilines is 1. The average molecular weight is 320 g/mol. The molecule has 0 aliphatic heterocycles. The van der Waals surface area contributed by atoms with Crippen molar-refractivity contribution >= 4 is 22.0 Å². The first-order chi connectivity index (χ1) is 10.4. The van der Waals surface area contributed by atoms with E-state index in [0.717, 1.165) is 0 Å². The van der Waals surface area contributed by atoms with Crippen LogP contribution in [0.15, 0.2) is 41.4 Å². The Morgan fingerprint density at radius 3 is 2.64 bits per heavy atom. The van der Waals surface area contributed by atoms with Gasteiger partial charge in [0, 0.05) is 11.9 Å². The van der Waals surface area contributed by atoms with Crippen molar-refractivity contribution in [3.63, 3.8) is 0 Å². The van der Waals surface area contributed by atoms with Crippen molar-refractivity contribution < 1.29 is 13.2 Å². The van der Waals surface area contributed by atoms with Crippen LogP contribution < -0.4 is 10.0 Å². The molecule has 1 aromatic carbocycles. The standard InChI is InChI=1S/C14H16N4O3S/c1-3-11-6-4-5-7-12(11)22(20,21)18-14(19)17-13-15-9-8-10(2)16-13/h4-9H,3H2,1-2H3,(H2,15,16,17,18,19). The molecule has 0 saturated carbocycles. The Hall–Kier alpha value is -2.48. The zero-order valence-corrected chi connectivity index (χ0v) is 13.0. The van der Waals surface area contributed by atoms with Gasteiger partial charge in [0.2, 0.25) is 5.95 Å². The number of nitrogens with zero attached hydrogens (tertiary/aromatic N) is 2. The number of carbonyl (C=O) groups is 1. The largest absolute Gasteiger partial charge is 0.335 e. The van der Waals surface area contributed by atoms with Gasteiger partial charge in [-0.2, -0.15) is 0 Å². The minimum atomic E-state index is -3.95. The Balaban J connectivity index is 2.16. The van der Waals surface area contributed by atoms with Gasteiger partial charge in [-0.15, -0.1) is 0 Å². The molecule has 0 atom stereocenters. The average Bonchev–Trinajstić information content (AvgIpc) is 2.46. The lowest BCUT2D eigenvalue weighted by Gasteiger charge is -2.10. The number of hydrogen-bond acceptors (Lipinski definition) is 5. The molecular weight excluding hydrogens is 304 g/mol. The van der Waals surface area contributed by atoms with Crippen LogP contribution in [0.1, 0.15) is 18.2 Å². The highest BCUT2D eigenvalue weighted by Gasteiger charge is 2.20. The Morgan fingerprint density at radius 2 is 1.95 bits per heavy atom. The van der Waals surface area contributed by atoms with Crippen LogP contribution >= 0.6 is 0 Å². The molecule has 0 spiro atoms. The fourth-order valence-corrected chi connectivity index (χ4v) is 3.09. The molecule has 1 aromatic heterocycles. The number of carbonyl (C=O) groups excluding carboxylic acids is 1. The maximum Gasteiger partial charge on any atom is 0.335 e. The van der Waals surface area contributed by atoms with E-state index in [9.17, 15) is 13.2 Å². The summed E-state index contributed by atoms with van der Waals surface area (Å²) in [6.45, 7) is 3.58. The lowest BCUT2D eigenvalue weighted by Crippen LogP contribution is -2.35. The first-order valence-electron chi connectivity index (χ1n) is 6.63. The SMILES string of the molecule is CCc1ccccc1S(=O)(=O)NC(=O)Nc1nccc(C)n1. The molecule has 1 heterocycles. The summed E-state index contributed by atoms with van der Waals surface area (Å²) in [5.41, 5.74) is 1.29. The molecule has 0 bridgehead atoms. The summed E-state index contributed by atoms with van der Waals surface area (Å²) in [5.74, 6) is 0.0384. The number of sulfonamides is 1. The van der Waals surface area contributed by atoms with Crippen molar-refractivity contribution in [2.75, 3.05) is 5.32 Å². The summed E-state index contributed by atoms with van der Waals surface area (Å²) in [6, 6.07) is 7.27. The molecule has 0 radical (unpaired) electrons. The number of nitrogens with one attached hydrogen (secondary N) is 2. The number of hydrogen-bond donors (Lipinski definition) is 2. The van der Waals surface area contributed by atoms with Crippen LogP contribution in [0, 0.1) is 6.92 Å². The Morgan fingerprint density at radius 1 is 1.23 bits per heavy atom. The third kappa shape index (κ3) is 3.79. The predicted octanol–water partition coefficient (Wildman–Crippen LogP) is 1.86. The monoisotopic (exact) mass is 320 g/mol. The number of benzene rings is 1. The van der Waals surface area contributed by atoms with Gasteiger partial charge in [-0.05, 0) is 31.0 Å². The van der Waals surface area contributed by atoms with Gasteiger partial charge in [-0.1, -0.05) is 25.1 Å². The molecule has 0 fully saturated rings. The van der Waals surface area contributed by atoms with Crippen LogP contribution in [0.25, 0.3) is 0 Å². The van der Waals surface area contributed by atoms with Crippen LogP contribution in [-0.4, -0.2) is 24.4 Å². The van der Waals surface area contributed by atoms with Crippen molar-refractivity contribution in [1.29, 1.82) is 0 Å². The van der Waals surface area contributed by atoms with Gasteiger partial charge in [-0.3, -0.25) is 5.32 Å². The highest BCUT2D eigenvalue weighted by molar-refractivity contribution is 7.90. The zero-order valence-electron chi connectivity index (χ0n) is 12.2. The number of amides is 2. The summed E-state index contributed by atoms with van der Waals surface area (Å²) in [7, 11) is -3.95. The van der Waals surface area contributed by atoms with Gasteiger partial charge >= 0.3 is 6.03 Å². The second-order valence-corrected chi connectivity index (χ2v) is 6.19. The Kier molecular flexibility index (Phi) is 4.71. The molecule has 116 valence electrons. The minimum absolute atomic E-state index is 0.0384. The molecule has 7 nitrogen and oxygen atoms in total. The first-order valence-corrected chi connectivity index (χ1v) is 8.12. The van der Waals surface area contributed by atoms with Crippen LogP contribution in [0.5, 0.6) is 0 Å². The highest BCUT2D eigenvalue weighted by atomic mass is 32.2. The molecule has 2 aromatic rings. The van der Waals surface area contributed by atoms with Gasteiger partial charge in [0.25, 0.3) is 10.0 Å². The molecule has 22 heavy (non-hydrogen) atoms. The first kappa shape index (κ1) is 15.9. The van der Waals surface area contributed by atoms with Crippen molar-refractivity contribution in [3.8, 4) is 0 Å². The van der Waals surface area contributed by atoms with E-state index in [1.807, 2.05) is 11.6 Å². The fourth-order valence-electron chi connectivity index (χ4n) is 1.87. The van der Waals surface area contributed by atoms with Crippen molar-refractivity contribution in [2.45, 2.75) is 25.2 Å². The third-order valence-corrected chi connectivity index (χ3v) is 4.32. The Labute approximate surface area is 128 Å². The van der Waals surface area contributed by atoms with Crippen LogP contribution in [0.4, 0.5) is 10.7 Å². The summed E-state index contributed by atoms with van der Waals surface area (Å²) in [6.07, 6.45) is 2.01. The third-order valence-electron chi connectivity index (χ3n) is 2.89. The quantitative estimate of drug-likeness (QED) is 0.895. The molecule has 0 aliphatic rings. The number of urea groups is 1. The number of rotatable bonds is 4. The molecule has 0 saturated heterocycles. The van der Waals surface area contributed by atoms with Crippen molar-refractivity contribution in [2.24, 2.45) is 0 Å². The van der Waals surface area contributed by atoms with Gasteiger partial charge in [0.05, 0.1) is 4.90 Å². The molecule has 8 heteroatoms. The smallest absolute Gasteiger partial charge is 0.275 e. The normalized spacial score (nSPS) is 11.0. The predicted molar refractivity (Wildman–Crippen MR) is 81.9 cm³/mol.